The number of carboxylic acids is 1. The van der Waals surface area contributed by atoms with E-state index >= 15 is 0 Å². The van der Waals surface area contributed by atoms with Crippen molar-refractivity contribution < 1.29 is 32.6 Å². The molecule has 2 N–H and O–H groups in total. The number of nitrogens with zero attached hydrogens (tertiary/aromatic N) is 1. The molecule has 0 saturated carbocycles. The van der Waals surface area contributed by atoms with Gasteiger partial charge >= 0.3 is 12.3 Å². The molecule has 0 aliphatic rings. The Morgan fingerprint density at radius 1 is 0.900 bits per heavy atom. The summed E-state index contributed by atoms with van der Waals surface area (Å²) in [4.78, 5) is 27.2. The number of Topliss-reactive ketones (excluding diaryl/α,β-unsaturated/α-hetero) is 1. The Labute approximate surface area is 233 Å². The van der Waals surface area contributed by atoms with Crippen LogP contribution in [0.1, 0.15) is 35.3 Å². The predicted molar refractivity (Wildman–Crippen MR) is 146 cm³/mol. The Bertz CT molecular complexity index is 1490. The van der Waals surface area contributed by atoms with Gasteiger partial charge in [-0.05, 0) is 59.5 Å². The number of alkyl halides is 3. The number of aromatic nitrogens is 1. The van der Waals surface area contributed by atoms with Crippen LogP contribution in [-0.2, 0) is 11.3 Å². The van der Waals surface area contributed by atoms with E-state index in [2.05, 4.69) is 15.0 Å². The highest BCUT2D eigenvalue weighted by Crippen LogP contribution is 2.34. The molecule has 0 saturated heterocycles. The highest BCUT2D eigenvalue weighted by molar-refractivity contribution is 6.30. The standard InChI is InChI=1S/C30H24ClF3N2O4/c31-22-12-8-20(25(16-22)21-11-15-26(36-18-21)27(37)5-3-7-29(38)39)17-35-23-13-9-19(10-14-23)24-4-1-2-6-28(24)40-30(32,33)34/h1-2,4,6,8-16,18,35H,3,5,7,17H2,(H,38,39). The third-order valence-electron chi connectivity index (χ3n) is 6.02. The molecule has 0 spiro atoms. The molecule has 0 bridgehead atoms. The fourth-order valence-electron chi connectivity index (χ4n) is 4.10. The molecule has 0 radical (unpaired) electrons. The van der Waals surface area contributed by atoms with Crippen LogP contribution in [0, 0.1) is 0 Å². The number of carboxylic acid groups (broad SMARTS) is 1. The number of ether oxygens (including phenoxy) is 1. The minimum absolute atomic E-state index is 0.0782. The number of carbonyl (C=O) groups excluding carboxylic acids is 1. The summed E-state index contributed by atoms with van der Waals surface area (Å²) in [6.07, 6.45) is -2.94. The number of nitrogens with one attached hydrogen (secondary N) is 1. The lowest BCUT2D eigenvalue weighted by Crippen LogP contribution is -2.17. The number of pyridine rings is 1. The van der Waals surface area contributed by atoms with Crippen LogP contribution in [0.5, 0.6) is 5.75 Å². The monoisotopic (exact) mass is 568 g/mol. The van der Waals surface area contributed by atoms with Gasteiger partial charge in [-0.25, -0.2) is 0 Å². The van der Waals surface area contributed by atoms with E-state index in [-0.39, 0.29) is 36.5 Å². The Morgan fingerprint density at radius 3 is 2.30 bits per heavy atom. The summed E-state index contributed by atoms with van der Waals surface area (Å²) in [7, 11) is 0. The first-order chi connectivity index (χ1) is 19.1. The van der Waals surface area contributed by atoms with Gasteiger partial charge in [-0.2, -0.15) is 0 Å². The number of hydrogen-bond acceptors (Lipinski definition) is 5. The van der Waals surface area contributed by atoms with E-state index in [1.165, 1.54) is 12.1 Å². The van der Waals surface area contributed by atoms with Gasteiger partial charge in [-0.3, -0.25) is 14.6 Å². The zero-order chi connectivity index (χ0) is 28.7. The maximum absolute atomic E-state index is 12.8. The summed E-state index contributed by atoms with van der Waals surface area (Å²) in [5.41, 5.74) is 4.37. The molecule has 6 nitrogen and oxygen atoms in total. The summed E-state index contributed by atoms with van der Waals surface area (Å²) in [5.74, 6) is -1.45. The summed E-state index contributed by atoms with van der Waals surface area (Å²) < 4.78 is 42.5. The van der Waals surface area contributed by atoms with Gasteiger partial charge < -0.3 is 15.2 Å². The number of anilines is 1. The maximum atomic E-state index is 12.8. The first kappa shape index (κ1) is 28.6. The van der Waals surface area contributed by atoms with Gasteiger partial charge in [0, 0.05) is 47.4 Å². The molecular formula is C30H24ClF3N2O4. The van der Waals surface area contributed by atoms with Crippen molar-refractivity contribution >= 4 is 29.0 Å². The lowest BCUT2D eigenvalue weighted by Gasteiger charge is -2.15. The van der Waals surface area contributed by atoms with Crippen molar-refractivity contribution in [3.63, 3.8) is 0 Å². The zero-order valence-corrected chi connectivity index (χ0v) is 21.8. The quantitative estimate of drug-likeness (QED) is 0.178. The second kappa shape index (κ2) is 12.7. The predicted octanol–water partition coefficient (Wildman–Crippen LogP) is 8.02. The molecule has 0 atom stereocenters. The summed E-state index contributed by atoms with van der Waals surface area (Å²) in [5, 5.41) is 12.6. The van der Waals surface area contributed by atoms with Crippen molar-refractivity contribution in [2.24, 2.45) is 0 Å². The van der Waals surface area contributed by atoms with Gasteiger partial charge in [0.2, 0.25) is 0 Å². The van der Waals surface area contributed by atoms with Crippen LogP contribution in [0.4, 0.5) is 18.9 Å². The molecule has 4 rings (SSSR count). The van der Waals surface area contributed by atoms with E-state index in [0.29, 0.717) is 22.7 Å². The average Bonchev–Trinajstić information content (AvgIpc) is 2.92. The number of halogens is 4. The lowest BCUT2D eigenvalue weighted by atomic mass is 10.00. The fraction of sp³-hybridized carbons (Fsp3) is 0.167. The van der Waals surface area contributed by atoms with Crippen molar-refractivity contribution in [2.45, 2.75) is 32.2 Å². The lowest BCUT2D eigenvalue weighted by molar-refractivity contribution is -0.274. The summed E-state index contributed by atoms with van der Waals surface area (Å²) in [6.45, 7) is 0.412. The van der Waals surface area contributed by atoms with Gasteiger partial charge in [0.15, 0.2) is 5.78 Å². The van der Waals surface area contributed by atoms with Crippen molar-refractivity contribution in [1.29, 1.82) is 0 Å². The van der Waals surface area contributed by atoms with E-state index in [1.807, 2.05) is 6.07 Å². The molecule has 0 aliphatic carbocycles. The number of ketones is 1. The molecule has 1 aromatic heterocycles. The number of para-hydroxylation sites is 1. The highest BCUT2D eigenvalue weighted by atomic mass is 35.5. The van der Waals surface area contributed by atoms with Crippen LogP contribution in [0.15, 0.2) is 85.1 Å². The van der Waals surface area contributed by atoms with Crippen LogP contribution in [0.2, 0.25) is 5.02 Å². The maximum Gasteiger partial charge on any atom is 0.573 e. The number of carbonyl (C=O) groups is 2. The van der Waals surface area contributed by atoms with Crippen LogP contribution >= 0.6 is 11.6 Å². The second-order valence-electron chi connectivity index (χ2n) is 8.88. The highest BCUT2D eigenvalue weighted by Gasteiger charge is 2.32. The second-order valence-corrected chi connectivity index (χ2v) is 9.32. The summed E-state index contributed by atoms with van der Waals surface area (Å²) in [6, 6.07) is 21.7. The summed E-state index contributed by atoms with van der Waals surface area (Å²) >= 11 is 6.25. The fourth-order valence-corrected chi connectivity index (χ4v) is 4.27. The van der Waals surface area contributed by atoms with Gasteiger partial charge in [-0.1, -0.05) is 54.1 Å². The third-order valence-corrected chi connectivity index (χ3v) is 6.25. The molecule has 10 heteroatoms. The van der Waals surface area contributed by atoms with Crippen LogP contribution < -0.4 is 10.1 Å². The SMILES string of the molecule is O=C(O)CCCC(=O)c1ccc(-c2cc(Cl)ccc2CNc2ccc(-c3ccccc3OC(F)(F)F)cc2)cn1. The van der Waals surface area contributed by atoms with E-state index < -0.39 is 12.3 Å². The zero-order valence-electron chi connectivity index (χ0n) is 21.0. The smallest absolute Gasteiger partial charge is 0.481 e. The largest absolute Gasteiger partial charge is 0.573 e. The van der Waals surface area contributed by atoms with E-state index in [4.69, 9.17) is 16.7 Å². The molecule has 0 unspecified atom stereocenters. The van der Waals surface area contributed by atoms with E-state index in [1.54, 1.807) is 66.9 Å². The molecule has 3 aromatic carbocycles. The number of hydrogen-bond donors (Lipinski definition) is 2. The molecular weight excluding hydrogens is 545 g/mol. The van der Waals surface area contributed by atoms with Crippen molar-refractivity contribution in [3.8, 4) is 28.0 Å². The molecule has 206 valence electrons. The molecule has 0 aliphatic heterocycles. The van der Waals surface area contributed by atoms with Crippen molar-refractivity contribution in [1.82, 2.24) is 4.98 Å². The van der Waals surface area contributed by atoms with Gasteiger partial charge in [0.05, 0.1) is 0 Å². The number of benzene rings is 3. The number of aliphatic carboxylic acids is 1. The van der Waals surface area contributed by atoms with Crippen LogP contribution in [-0.4, -0.2) is 28.2 Å². The van der Waals surface area contributed by atoms with Gasteiger partial charge in [0.25, 0.3) is 0 Å². The molecule has 0 amide bonds. The topological polar surface area (TPSA) is 88.5 Å². The van der Waals surface area contributed by atoms with Crippen molar-refractivity contribution in [2.75, 3.05) is 5.32 Å². The Balaban J connectivity index is 1.46. The van der Waals surface area contributed by atoms with E-state index in [0.717, 1.165) is 22.4 Å². The molecule has 4 aromatic rings. The Hall–Kier alpha value is -4.37. The van der Waals surface area contributed by atoms with Crippen molar-refractivity contribution in [3.05, 3.63) is 101 Å². The third kappa shape index (κ3) is 7.83. The minimum atomic E-state index is -4.79. The molecule has 40 heavy (non-hydrogen) atoms. The normalized spacial score (nSPS) is 11.2. The molecule has 0 fully saturated rings. The van der Waals surface area contributed by atoms with Gasteiger partial charge in [0.1, 0.15) is 11.4 Å². The van der Waals surface area contributed by atoms with Gasteiger partial charge in [-0.15, -0.1) is 13.2 Å². The first-order valence-corrected chi connectivity index (χ1v) is 12.7. The Morgan fingerprint density at radius 2 is 1.62 bits per heavy atom. The molecule has 1 heterocycles. The Kier molecular flexibility index (Phi) is 9.06. The first-order valence-electron chi connectivity index (χ1n) is 12.3. The average molecular weight is 569 g/mol. The number of rotatable bonds is 11. The van der Waals surface area contributed by atoms with Crippen LogP contribution in [0.25, 0.3) is 22.3 Å². The minimum Gasteiger partial charge on any atom is -0.481 e. The van der Waals surface area contributed by atoms with E-state index in [9.17, 15) is 22.8 Å². The van der Waals surface area contributed by atoms with Crippen LogP contribution in [0.3, 0.4) is 0 Å².